The van der Waals surface area contributed by atoms with Gasteiger partial charge in [0.15, 0.2) is 0 Å². The van der Waals surface area contributed by atoms with Gasteiger partial charge in [-0.25, -0.2) is 4.79 Å². The van der Waals surface area contributed by atoms with Crippen molar-refractivity contribution in [2.45, 2.75) is 24.6 Å². The van der Waals surface area contributed by atoms with E-state index in [-0.39, 0.29) is 17.2 Å². The van der Waals surface area contributed by atoms with Crippen LogP contribution in [0.4, 0.5) is 4.79 Å². The zero-order chi connectivity index (χ0) is 13.4. The molecule has 1 N–H and O–H groups in total. The molecule has 0 aliphatic carbocycles. The Morgan fingerprint density at radius 1 is 1.37 bits per heavy atom. The Labute approximate surface area is 116 Å². The van der Waals surface area contributed by atoms with Gasteiger partial charge in [-0.15, -0.1) is 0 Å². The molecule has 0 unspecified atom stereocenters. The van der Waals surface area contributed by atoms with Gasteiger partial charge in [-0.05, 0) is 30.2 Å². The molecule has 5 heteroatoms. The normalized spacial score (nSPS) is 26.3. The lowest BCUT2D eigenvalue weighted by Crippen LogP contribution is -2.35. The Balaban J connectivity index is 1.82. The van der Waals surface area contributed by atoms with Gasteiger partial charge in [0.1, 0.15) is 6.04 Å². The minimum absolute atomic E-state index is 0.117. The maximum Gasteiger partial charge on any atom is 0.324 e. The minimum atomic E-state index is -0.392. The molecule has 2 aliphatic heterocycles. The first-order chi connectivity index (χ1) is 9.16. The second kappa shape index (κ2) is 4.89. The van der Waals surface area contributed by atoms with Gasteiger partial charge in [-0.2, -0.15) is 11.8 Å². The topological polar surface area (TPSA) is 49.4 Å². The number of thioether (sulfide) groups is 1. The third-order valence-corrected chi connectivity index (χ3v) is 4.91. The van der Waals surface area contributed by atoms with Crippen molar-refractivity contribution >= 4 is 23.7 Å². The van der Waals surface area contributed by atoms with Crippen LogP contribution in [0.1, 0.15) is 23.3 Å². The highest BCUT2D eigenvalue weighted by Gasteiger charge is 2.37. The van der Waals surface area contributed by atoms with Crippen molar-refractivity contribution in [3.8, 4) is 0 Å². The van der Waals surface area contributed by atoms with E-state index in [1.807, 2.05) is 23.9 Å². The third kappa shape index (κ3) is 2.23. The first-order valence-corrected chi connectivity index (χ1v) is 7.53. The number of urea groups is 1. The van der Waals surface area contributed by atoms with Crippen LogP contribution in [-0.2, 0) is 11.2 Å². The number of aryl methyl sites for hydroxylation is 1. The van der Waals surface area contributed by atoms with E-state index in [9.17, 15) is 9.59 Å². The highest BCUT2D eigenvalue weighted by Crippen LogP contribution is 2.37. The predicted octanol–water partition coefficient (Wildman–Crippen LogP) is 1.96. The smallest absolute Gasteiger partial charge is 0.324 e. The maximum atomic E-state index is 11.9. The van der Waals surface area contributed by atoms with Crippen molar-refractivity contribution in [1.82, 2.24) is 10.2 Å². The van der Waals surface area contributed by atoms with Crippen LogP contribution in [-0.4, -0.2) is 35.2 Å². The number of imide groups is 1. The fourth-order valence-electron chi connectivity index (χ4n) is 2.63. The maximum absolute atomic E-state index is 11.9. The highest BCUT2D eigenvalue weighted by molar-refractivity contribution is 7.99. The predicted molar refractivity (Wildman–Crippen MR) is 75.1 cm³/mol. The molecule has 4 nitrogen and oxygen atoms in total. The van der Waals surface area contributed by atoms with Gasteiger partial charge in [-0.3, -0.25) is 9.69 Å². The lowest BCUT2D eigenvalue weighted by Gasteiger charge is -2.27. The van der Waals surface area contributed by atoms with Gasteiger partial charge in [0.05, 0.1) is 0 Å². The monoisotopic (exact) mass is 276 g/mol. The van der Waals surface area contributed by atoms with Crippen LogP contribution in [0, 0.1) is 0 Å². The van der Waals surface area contributed by atoms with E-state index in [1.165, 1.54) is 16.0 Å². The number of rotatable bonds is 2. The summed E-state index contributed by atoms with van der Waals surface area (Å²) in [6.07, 6.45) is 1.06. The van der Waals surface area contributed by atoms with Crippen molar-refractivity contribution in [2.75, 3.05) is 12.3 Å². The molecule has 19 heavy (non-hydrogen) atoms. The number of carbonyl (C=O) groups is 2. The number of nitrogens with zero attached hydrogens (tertiary/aromatic N) is 1. The minimum Gasteiger partial charge on any atom is -0.326 e. The molecule has 3 amide bonds. The summed E-state index contributed by atoms with van der Waals surface area (Å²) in [5.74, 6) is 0.926. The second-order valence-corrected chi connectivity index (χ2v) is 6.24. The van der Waals surface area contributed by atoms with E-state index in [4.69, 9.17) is 0 Å². The fraction of sp³-hybridized carbons (Fsp3) is 0.429. The van der Waals surface area contributed by atoms with Crippen molar-refractivity contribution < 1.29 is 9.59 Å². The molecule has 0 bridgehead atoms. The summed E-state index contributed by atoms with van der Waals surface area (Å²) in [5, 5.41) is 2.86. The summed E-state index contributed by atoms with van der Waals surface area (Å²) < 4.78 is 0. The average molecular weight is 276 g/mol. The van der Waals surface area contributed by atoms with Gasteiger partial charge in [0, 0.05) is 11.8 Å². The zero-order valence-electron chi connectivity index (χ0n) is 10.8. The van der Waals surface area contributed by atoms with E-state index in [1.54, 1.807) is 6.92 Å². The summed E-state index contributed by atoms with van der Waals surface area (Å²) in [6.45, 7) is 2.19. The molecule has 1 saturated heterocycles. The molecule has 2 atom stereocenters. The molecule has 0 aromatic heterocycles. The third-order valence-electron chi connectivity index (χ3n) is 3.66. The SMILES string of the molecule is C[C@H]1NC(=O)N(C[C@@H]2SCCc3ccccc32)C1=O. The van der Waals surface area contributed by atoms with Crippen LogP contribution in [0.25, 0.3) is 0 Å². The number of nitrogens with one attached hydrogen (secondary N) is 1. The molecule has 1 aromatic carbocycles. The summed E-state index contributed by atoms with van der Waals surface area (Å²) in [4.78, 5) is 25.1. The van der Waals surface area contributed by atoms with Gasteiger partial charge < -0.3 is 5.32 Å². The van der Waals surface area contributed by atoms with Crippen LogP contribution in [0.2, 0.25) is 0 Å². The molecule has 0 saturated carbocycles. The van der Waals surface area contributed by atoms with Crippen molar-refractivity contribution in [2.24, 2.45) is 0 Å². The number of amides is 3. The number of hydrogen-bond donors (Lipinski definition) is 1. The summed E-state index contributed by atoms with van der Waals surface area (Å²) in [5.41, 5.74) is 2.60. The molecular weight excluding hydrogens is 260 g/mol. The van der Waals surface area contributed by atoms with E-state index in [0.717, 1.165) is 12.2 Å². The molecule has 0 radical (unpaired) electrons. The second-order valence-electron chi connectivity index (χ2n) is 4.93. The first-order valence-electron chi connectivity index (χ1n) is 6.48. The first kappa shape index (κ1) is 12.5. The van der Waals surface area contributed by atoms with Gasteiger partial charge in [0.25, 0.3) is 5.91 Å². The fourth-order valence-corrected chi connectivity index (χ4v) is 3.91. The summed E-state index contributed by atoms with van der Waals surface area (Å²) >= 11 is 1.82. The highest BCUT2D eigenvalue weighted by atomic mass is 32.2. The van der Waals surface area contributed by atoms with E-state index >= 15 is 0 Å². The average Bonchev–Trinajstić information content (AvgIpc) is 2.66. The Morgan fingerprint density at radius 2 is 2.16 bits per heavy atom. The quantitative estimate of drug-likeness (QED) is 0.840. The standard InChI is InChI=1S/C14H16N2O2S/c1-9-13(17)16(14(18)15-9)8-12-11-5-3-2-4-10(11)6-7-19-12/h2-5,9,12H,6-8H2,1H3,(H,15,18)/t9-,12+/m1/s1. The molecular formula is C14H16N2O2S. The van der Waals surface area contributed by atoms with Crippen LogP contribution in [0.15, 0.2) is 24.3 Å². The number of carbonyl (C=O) groups excluding carboxylic acids is 2. The van der Waals surface area contributed by atoms with Crippen molar-refractivity contribution in [1.29, 1.82) is 0 Å². The lowest BCUT2D eigenvalue weighted by molar-refractivity contribution is -0.127. The van der Waals surface area contributed by atoms with Crippen LogP contribution in [0.3, 0.4) is 0 Å². The molecule has 100 valence electrons. The van der Waals surface area contributed by atoms with Gasteiger partial charge in [-0.1, -0.05) is 24.3 Å². The molecule has 2 aliphatic rings. The van der Waals surface area contributed by atoms with Crippen LogP contribution < -0.4 is 5.32 Å². The Hall–Kier alpha value is -1.49. The van der Waals surface area contributed by atoms with Crippen molar-refractivity contribution in [3.63, 3.8) is 0 Å². The van der Waals surface area contributed by atoms with E-state index in [2.05, 4.69) is 17.4 Å². The number of benzene rings is 1. The van der Waals surface area contributed by atoms with Crippen LogP contribution in [0.5, 0.6) is 0 Å². The summed E-state index contributed by atoms with van der Waals surface area (Å²) in [6, 6.07) is 7.65. The van der Waals surface area contributed by atoms with Gasteiger partial charge >= 0.3 is 6.03 Å². The molecule has 1 fully saturated rings. The van der Waals surface area contributed by atoms with Crippen molar-refractivity contribution in [3.05, 3.63) is 35.4 Å². The summed E-state index contributed by atoms with van der Waals surface area (Å²) in [7, 11) is 0. The largest absolute Gasteiger partial charge is 0.326 e. The van der Waals surface area contributed by atoms with Gasteiger partial charge in [0.2, 0.25) is 0 Å². The lowest BCUT2D eigenvalue weighted by atomic mass is 10.0. The van der Waals surface area contributed by atoms with E-state index < -0.39 is 6.04 Å². The zero-order valence-corrected chi connectivity index (χ0v) is 11.6. The molecule has 3 rings (SSSR count). The van der Waals surface area contributed by atoms with Crippen LogP contribution >= 0.6 is 11.8 Å². The van der Waals surface area contributed by atoms with E-state index in [0.29, 0.717) is 6.54 Å². The molecule has 1 aromatic rings. The Kier molecular flexibility index (Phi) is 3.22. The molecule has 0 spiro atoms. The Morgan fingerprint density at radius 3 is 2.89 bits per heavy atom. The number of fused-ring (bicyclic) bond motifs is 1. The Bertz CT molecular complexity index is 532. The molecule has 2 heterocycles. The number of hydrogen-bond acceptors (Lipinski definition) is 3.